The molecule has 0 unspecified atom stereocenters. The van der Waals surface area contributed by atoms with Gasteiger partial charge in [0.05, 0.1) is 5.52 Å². The molecule has 0 amide bonds. The van der Waals surface area contributed by atoms with Crippen molar-refractivity contribution in [3.05, 3.63) is 110 Å². The van der Waals surface area contributed by atoms with E-state index in [0.717, 1.165) is 39.9 Å². The van der Waals surface area contributed by atoms with Crippen LogP contribution in [0.3, 0.4) is 0 Å². The molecule has 0 aliphatic carbocycles. The van der Waals surface area contributed by atoms with Gasteiger partial charge in [0, 0.05) is 26.6 Å². The van der Waals surface area contributed by atoms with Crippen molar-refractivity contribution in [3.63, 3.8) is 0 Å². The Labute approximate surface area is 184 Å². The summed E-state index contributed by atoms with van der Waals surface area (Å²) in [6, 6.07) is 22.1. The average Bonchev–Trinajstić information content (AvgIpc) is 2.72. The summed E-state index contributed by atoms with van der Waals surface area (Å²) < 4.78 is 0. The summed E-state index contributed by atoms with van der Waals surface area (Å²) in [7, 11) is 0. The lowest BCUT2D eigenvalue weighted by molar-refractivity contribution is 0.103. The Balaban J connectivity index is 1.69. The minimum absolute atomic E-state index is 0.0562. The number of benzene rings is 3. The van der Waals surface area contributed by atoms with Gasteiger partial charge >= 0.3 is 0 Å². The average molecular weight is 441 g/mol. The fourth-order valence-corrected chi connectivity index (χ4v) is 3.91. The number of nitrogens with zero attached hydrogens (tertiary/aromatic N) is 1. The van der Waals surface area contributed by atoms with E-state index >= 15 is 0 Å². The number of fused-ring (bicyclic) bond motifs is 1. The minimum atomic E-state index is -0.0562. The highest BCUT2D eigenvalue weighted by Gasteiger charge is 2.13. The van der Waals surface area contributed by atoms with Gasteiger partial charge < -0.3 is 0 Å². The quantitative estimate of drug-likeness (QED) is 0.242. The van der Waals surface area contributed by atoms with Crippen LogP contribution in [0.5, 0.6) is 0 Å². The topological polar surface area (TPSA) is 30.0 Å². The van der Waals surface area contributed by atoms with Crippen LogP contribution in [0.15, 0.2) is 72.8 Å². The Morgan fingerprint density at radius 1 is 0.759 bits per heavy atom. The van der Waals surface area contributed by atoms with E-state index in [1.165, 1.54) is 0 Å². The van der Waals surface area contributed by atoms with Gasteiger partial charge in [-0.3, -0.25) is 4.79 Å². The van der Waals surface area contributed by atoms with Gasteiger partial charge in [0.25, 0.3) is 0 Å². The van der Waals surface area contributed by atoms with Crippen molar-refractivity contribution in [2.75, 3.05) is 0 Å². The van der Waals surface area contributed by atoms with Crippen molar-refractivity contribution in [1.29, 1.82) is 0 Å². The molecule has 0 saturated heterocycles. The third kappa shape index (κ3) is 4.62. The van der Waals surface area contributed by atoms with Gasteiger partial charge in [-0.15, -0.1) is 0 Å². The third-order valence-electron chi connectivity index (χ3n) is 4.80. The van der Waals surface area contributed by atoms with Gasteiger partial charge in [-0.05, 0) is 84.6 Å². The van der Waals surface area contributed by atoms with Crippen LogP contribution in [0.2, 0.25) is 15.2 Å². The molecular weight excluding hydrogens is 425 g/mol. The molecule has 0 atom stereocenters. The monoisotopic (exact) mass is 439 g/mol. The van der Waals surface area contributed by atoms with E-state index in [4.69, 9.17) is 34.8 Å². The van der Waals surface area contributed by atoms with Crippen molar-refractivity contribution in [2.45, 2.75) is 12.8 Å². The first kappa shape index (κ1) is 19.9. The van der Waals surface area contributed by atoms with E-state index in [9.17, 15) is 4.79 Å². The highest BCUT2D eigenvalue weighted by Crippen LogP contribution is 2.25. The fourth-order valence-electron chi connectivity index (χ4n) is 3.35. The first-order valence-corrected chi connectivity index (χ1v) is 10.3. The molecule has 0 fully saturated rings. The second kappa shape index (κ2) is 8.54. The molecule has 0 saturated carbocycles. The zero-order valence-electron chi connectivity index (χ0n) is 15.3. The molecule has 0 spiro atoms. The molecule has 0 bridgehead atoms. The van der Waals surface area contributed by atoms with Crippen LogP contribution in [-0.2, 0) is 12.8 Å². The molecule has 0 aliphatic heterocycles. The predicted octanol–water partition coefficient (Wildman–Crippen LogP) is 7.21. The van der Waals surface area contributed by atoms with Crippen LogP contribution in [0.4, 0.5) is 0 Å². The van der Waals surface area contributed by atoms with Crippen LogP contribution in [0, 0.1) is 0 Å². The Kier molecular flexibility index (Phi) is 5.86. The molecule has 29 heavy (non-hydrogen) atoms. The number of hydrogen-bond donors (Lipinski definition) is 0. The standard InChI is InChI=1S/C24H16Cl3NO/c25-19-9-6-16(7-10-19)24(29)18-8-11-22-21(13-18)17(14-23(27)28-22)5-4-15-2-1-3-20(26)12-15/h1-3,6-14H,4-5H2. The molecule has 0 N–H and O–H groups in total. The second-order valence-electron chi connectivity index (χ2n) is 6.80. The number of rotatable bonds is 5. The molecule has 1 heterocycles. The summed E-state index contributed by atoms with van der Waals surface area (Å²) in [5, 5.41) is 2.68. The van der Waals surface area contributed by atoms with Gasteiger partial charge in [0.2, 0.25) is 0 Å². The highest BCUT2D eigenvalue weighted by atomic mass is 35.5. The molecule has 3 aromatic carbocycles. The van der Waals surface area contributed by atoms with Crippen LogP contribution in [0.25, 0.3) is 10.9 Å². The number of pyridine rings is 1. The smallest absolute Gasteiger partial charge is 0.193 e. The number of halogens is 3. The summed E-state index contributed by atoms with van der Waals surface area (Å²) in [6.07, 6.45) is 1.57. The molecule has 5 heteroatoms. The molecular formula is C24H16Cl3NO. The maximum absolute atomic E-state index is 12.9. The van der Waals surface area contributed by atoms with E-state index in [1.54, 1.807) is 30.3 Å². The fraction of sp³-hybridized carbons (Fsp3) is 0.0833. The maximum Gasteiger partial charge on any atom is 0.193 e. The van der Waals surface area contributed by atoms with Gasteiger partial charge in [-0.2, -0.15) is 0 Å². The lowest BCUT2D eigenvalue weighted by Gasteiger charge is -2.10. The van der Waals surface area contributed by atoms with E-state index in [1.807, 2.05) is 42.5 Å². The van der Waals surface area contributed by atoms with Crippen LogP contribution in [0.1, 0.15) is 27.0 Å². The van der Waals surface area contributed by atoms with E-state index in [2.05, 4.69) is 4.98 Å². The molecule has 0 radical (unpaired) electrons. The summed E-state index contributed by atoms with van der Waals surface area (Å²) >= 11 is 18.3. The van der Waals surface area contributed by atoms with Crippen molar-refractivity contribution >= 4 is 51.5 Å². The summed E-state index contributed by atoms with van der Waals surface area (Å²) in [5.74, 6) is -0.0562. The van der Waals surface area contributed by atoms with E-state index < -0.39 is 0 Å². The third-order valence-corrected chi connectivity index (χ3v) is 5.48. The van der Waals surface area contributed by atoms with Gasteiger partial charge in [-0.1, -0.05) is 46.9 Å². The van der Waals surface area contributed by atoms with Crippen molar-refractivity contribution < 1.29 is 4.79 Å². The first-order chi connectivity index (χ1) is 14.0. The number of ketones is 1. The normalized spacial score (nSPS) is 11.0. The lowest BCUT2D eigenvalue weighted by Crippen LogP contribution is -2.02. The number of carbonyl (C=O) groups is 1. The highest BCUT2D eigenvalue weighted by molar-refractivity contribution is 6.31. The van der Waals surface area contributed by atoms with Gasteiger partial charge in [0.15, 0.2) is 5.78 Å². The van der Waals surface area contributed by atoms with Crippen LogP contribution in [-0.4, -0.2) is 10.8 Å². The number of aromatic nitrogens is 1. The molecule has 2 nitrogen and oxygen atoms in total. The van der Waals surface area contributed by atoms with Gasteiger partial charge in [-0.25, -0.2) is 4.98 Å². The Morgan fingerprint density at radius 3 is 2.28 bits per heavy atom. The molecule has 1 aromatic heterocycles. The van der Waals surface area contributed by atoms with Crippen molar-refractivity contribution in [2.24, 2.45) is 0 Å². The minimum Gasteiger partial charge on any atom is -0.289 e. The van der Waals surface area contributed by atoms with Crippen LogP contribution < -0.4 is 0 Å². The van der Waals surface area contributed by atoms with Crippen molar-refractivity contribution in [1.82, 2.24) is 4.98 Å². The van der Waals surface area contributed by atoms with Crippen molar-refractivity contribution in [3.8, 4) is 0 Å². The summed E-state index contributed by atoms with van der Waals surface area (Å²) in [4.78, 5) is 17.3. The molecule has 4 rings (SSSR count). The summed E-state index contributed by atoms with van der Waals surface area (Å²) in [5.41, 5.74) is 4.16. The maximum atomic E-state index is 12.9. The lowest BCUT2D eigenvalue weighted by atomic mass is 9.97. The van der Waals surface area contributed by atoms with Crippen LogP contribution >= 0.6 is 34.8 Å². The molecule has 144 valence electrons. The number of hydrogen-bond acceptors (Lipinski definition) is 2. The zero-order chi connectivity index (χ0) is 20.4. The Bertz CT molecular complexity index is 1200. The SMILES string of the molecule is O=C(c1ccc(Cl)cc1)c1ccc2nc(Cl)cc(CCc3cccc(Cl)c3)c2c1. The van der Waals surface area contributed by atoms with Gasteiger partial charge in [0.1, 0.15) is 5.15 Å². The van der Waals surface area contributed by atoms with E-state index in [0.29, 0.717) is 21.3 Å². The Morgan fingerprint density at radius 2 is 1.52 bits per heavy atom. The van der Waals surface area contributed by atoms with E-state index in [-0.39, 0.29) is 5.78 Å². The number of aryl methyl sites for hydroxylation is 2. The first-order valence-electron chi connectivity index (χ1n) is 9.13. The second-order valence-corrected chi connectivity index (χ2v) is 8.06. The zero-order valence-corrected chi connectivity index (χ0v) is 17.6. The predicted molar refractivity (Wildman–Crippen MR) is 120 cm³/mol. The largest absolute Gasteiger partial charge is 0.289 e. The summed E-state index contributed by atoms with van der Waals surface area (Å²) in [6.45, 7) is 0. The number of carbonyl (C=O) groups excluding carboxylic acids is 1. The molecule has 0 aliphatic rings. The molecule has 4 aromatic rings. The Hall–Kier alpha value is -2.39.